The van der Waals surface area contributed by atoms with E-state index >= 15 is 0 Å². The van der Waals surface area contributed by atoms with E-state index in [1.807, 2.05) is 24.3 Å². The zero-order chi connectivity index (χ0) is 19.2. The molecule has 0 radical (unpaired) electrons. The van der Waals surface area contributed by atoms with Crippen LogP contribution in [0, 0.1) is 13.8 Å². The molecule has 0 unspecified atom stereocenters. The van der Waals surface area contributed by atoms with Crippen LogP contribution in [0.1, 0.15) is 46.6 Å². The maximum absolute atomic E-state index is 13.4. The lowest BCUT2D eigenvalue weighted by atomic mass is 9.94. The van der Waals surface area contributed by atoms with Gasteiger partial charge < -0.3 is 9.26 Å². The Bertz CT molecular complexity index is 864. The normalized spacial score (nSPS) is 17.9. The van der Waals surface area contributed by atoms with Crippen molar-refractivity contribution in [2.24, 2.45) is 0 Å². The van der Waals surface area contributed by atoms with Gasteiger partial charge in [0.1, 0.15) is 17.1 Å². The van der Waals surface area contributed by atoms with Crippen molar-refractivity contribution in [1.29, 1.82) is 0 Å². The third kappa shape index (κ3) is 2.78. The lowest BCUT2D eigenvalue weighted by Gasteiger charge is -2.31. The average molecular weight is 369 g/mol. The number of hydrazine groups is 1. The number of aryl methyl sites for hydroxylation is 2. The highest BCUT2D eigenvalue weighted by molar-refractivity contribution is 5.99. The van der Waals surface area contributed by atoms with E-state index in [-0.39, 0.29) is 11.8 Å². The second-order valence-electron chi connectivity index (χ2n) is 7.22. The van der Waals surface area contributed by atoms with Gasteiger partial charge in [-0.25, -0.2) is 5.01 Å². The number of benzene rings is 1. The summed E-state index contributed by atoms with van der Waals surface area (Å²) in [6.45, 7) is 4.53. The highest BCUT2D eigenvalue weighted by Crippen LogP contribution is 2.50. The quantitative estimate of drug-likeness (QED) is 0.828. The van der Waals surface area contributed by atoms with Crippen LogP contribution in [-0.4, -0.2) is 47.2 Å². The van der Waals surface area contributed by atoms with E-state index in [0.717, 1.165) is 30.6 Å². The fourth-order valence-corrected chi connectivity index (χ4v) is 3.86. The first-order chi connectivity index (χ1) is 13.0. The topological polar surface area (TPSA) is 75.9 Å². The minimum Gasteiger partial charge on any atom is -0.497 e. The van der Waals surface area contributed by atoms with Crippen molar-refractivity contribution in [3.63, 3.8) is 0 Å². The van der Waals surface area contributed by atoms with Crippen molar-refractivity contribution in [3.8, 4) is 5.75 Å². The van der Waals surface area contributed by atoms with Gasteiger partial charge in [0.15, 0.2) is 0 Å². The van der Waals surface area contributed by atoms with Crippen LogP contribution in [0.25, 0.3) is 0 Å². The summed E-state index contributed by atoms with van der Waals surface area (Å²) in [6.07, 6.45) is 2.35. The first-order valence-electron chi connectivity index (χ1n) is 9.19. The summed E-state index contributed by atoms with van der Waals surface area (Å²) in [5.74, 6) is 1.01. The fourth-order valence-electron chi connectivity index (χ4n) is 3.86. The Morgan fingerprint density at radius 1 is 1.11 bits per heavy atom. The van der Waals surface area contributed by atoms with Crippen molar-refractivity contribution in [2.45, 2.75) is 38.5 Å². The highest BCUT2D eigenvalue weighted by Gasteiger charge is 2.55. The van der Waals surface area contributed by atoms with E-state index < -0.39 is 5.41 Å². The van der Waals surface area contributed by atoms with Gasteiger partial charge >= 0.3 is 0 Å². The van der Waals surface area contributed by atoms with E-state index in [4.69, 9.17) is 9.26 Å². The minimum absolute atomic E-state index is 0.00900. The Morgan fingerprint density at radius 2 is 1.78 bits per heavy atom. The minimum atomic E-state index is -0.534. The molecule has 1 aliphatic carbocycles. The third-order valence-electron chi connectivity index (χ3n) is 5.55. The van der Waals surface area contributed by atoms with Crippen LogP contribution in [0.15, 0.2) is 28.8 Å². The zero-order valence-electron chi connectivity index (χ0n) is 15.8. The Morgan fingerprint density at radius 3 is 2.33 bits per heavy atom. The molecule has 4 rings (SSSR count). The molecular weight excluding hydrogens is 346 g/mol. The zero-order valence-corrected chi connectivity index (χ0v) is 15.8. The number of ether oxygens (including phenoxy) is 1. The highest BCUT2D eigenvalue weighted by atomic mass is 16.5. The van der Waals surface area contributed by atoms with Gasteiger partial charge in [0.2, 0.25) is 0 Å². The number of rotatable bonds is 4. The van der Waals surface area contributed by atoms with Crippen molar-refractivity contribution in [1.82, 2.24) is 15.2 Å². The van der Waals surface area contributed by atoms with Gasteiger partial charge in [-0.3, -0.25) is 14.6 Å². The standard InChI is InChI=1S/C20H23N3O4/c1-13-17(14(2)27-21-13)18(24)22-11-4-12-23(22)19(25)20(9-10-20)15-5-7-16(26-3)8-6-15/h5-8H,4,9-12H2,1-3H3. The van der Waals surface area contributed by atoms with Crippen LogP contribution >= 0.6 is 0 Å². The Labute approximate surface area is 157 Å². The molecule has 2 aliphatic rings. The Hall–Kier alpha value is -2.83. The number of aromatic nitrogens is 1. The SMILES string of the molecule is COc1ccc(C2(C(=O)N3CCCN3C(=O)c3c(C)noc3C)CC2)cc1. The molecule has 1 aromatic heterocycles. The summed E-state index contributed by atoms with van der Waals surface area (Å²) < 4.78 is 10.3. The van der Waals surface area contributed by atoms with Crippen LogP contribution in [0.2, 0.25) is 0 Å². The van der Waals surface area contributed by atoms with Gasteiger partial charge in [0, 0.05) is 13.1 Å². The van der Waals surface area contributed by atoms with E-state index in [1.165, 1.54) is 0 Å². The molecule has 2 fully saturated rings. The van der Waals surface area contributed by atoms with E-state index in [1.54, 1.807) is 31.0 Å². The molecule has 1 aliphatic heterocycles. The number of amides is 2. The smallest absolute Gasteiger partial charge is 0.277 e. The maximum atomic E-state index is 13.4. The van der Waals surface area contributed by atoms with E-state index in [2.05, 4.69) is 5.16 Å². The molecule has 1 saturated heterocycles. The van der Waals surface area contributed by atoms with Crippen LogP contribution < -0.4 is 4.74 Å². The Balaban J connectivity index is 1.60. The van der Waals surface area contributed by atoms with Gasteiger partial charge in [0.05, 0.1) is 18.2 Å². The molecule has 142 valence electrons. The number of nitrogens with zero attached hydrogens (tertiary/aromatic N) is 3. The summed E-state index contributed by atoms with van der Waals surface area (Å²) in [6, 6.07) is 7.64. The summed E-state index contributed by atoms with van der Waals surface area (Å²) >= 11 is 0. The van der Waals surface area contributed by atoms with Gasteiger partial charge in [-0.2, -0.15) is 0 Å². The molecule has 0 bridgehead atoms. The molecule has 27 heavy (non-hydrogen) atoms. The number of methoxy groups -OCH3 is 1. The number of hydrogen-bond donors (Lipinski definition) is 0. The molecule has 7 nitrogen and oxygen atoms in total. The van der Waals surface area contributed by atoms with E-state index in [0.29, 0.717) is 30.1 Å². The molecule has 2 aromatic rings. The second kappa shape index (κ2) is 6.40. The monoisotopic (exact) mass is 369 g/mol. The fraction of sp³-hybridized carbons (Fsp3) is 0.450. The predicted molar refractivity (Wildman–Crippen MR) is 97.2 cm³/mol. The second-order valence-corrected chi connectivity index (χ2v) is 7.22. The molecule has 1 saturated carbocycles. The van der Waals surface area contributed by atoms with Crippen LogP contribution in [-0.2, 0) is 10.2 Å². The lowest BCUT2D eigenvalue weighted by Crippen LogP contribution is -2.49. The molecule has 0 N–H and O–H groups in total. The van der Waals surface area contributed by atoms with Gasteiger partial charge in [-0.1, -0.05) is 17.3 Å². The molecule has 2 heterocycles. The van der Waals surface area contributed by atoms with Crippen molar-refractivity contribution in [3.05, 3.63) is 46.8 Å². The number of carbonyl (C=O) groups is 2. The first kappa shape index (κ1) is 17.6. The molecule has 2 amide bonds. The lowest BCUT2D eigenvalue weighted by molar-refractivity contribution is -0.143. The molecular formula is C20H23N3O4. The van der Waals surface area contributed by atoms with Gasteiger partial charge in [-0.15, -0.1) is 0 Å². The molecule has 7 heteroatoms. The first-order valence-corrected chi connectivity index (χ1v) is 9.19. The largest absolute Gasteiger partial charge is 0.497 e. The van der Waals surface area contributed by atoms with Crippen molar-refractivity contribution >= 4 is 11.8 Å². The number of hydrogen-bond acceptors (Lipinski definition) is 5. The molecule has 0 atom stereocenters. The summed E-state index contributed by atoms with van der Waals surface area (Å²) in [5, 5.41) is 7.04. The molecule has 1 aromatic carbocycles. The summed E-state index contributed by atoms with van der Waals surface area (Å²) in [4.78, 5) is 26.4. The summed E-state index contributed by atoms with van der Waals surface area (Å²) in [7, 11) is 1.62. The Kier molecular flexibility index (Phi) is 4.17. The van der Waals surface area contributed by atoms with Gasteiger partial charge in [-0.05, 0) is 50.8 Å². The summed E-state index contributed by atoms with van der Waals surface area (Å²) in [5.41, 5.74) is 1.44. The van der Waals surface area contributed by atoms with Crippen molar-refractivity contribution in [2.75, 3.05) is 20.2 Å². The van der Waals surface area contributed by atoms with Crippen LogP contribution in [0.4, 0.5) is 0 Å². The van der Waals surface area contributed by atoms with Crippen molar-refractivity contribution < 1.29 is 18.8 Å². The van der Waals surface area contributed by atoms with E-state index in [9.17, 15) is 9.59 Å². The van der Waals surface area contributed by atoms with Crippen LogP contribution in [0.3, 0.4) is 0 Å². The molecule has 0 spiro atoms. The number of carbonyl (C=O) groups excluding carboxylic acids is 2. The van der Waals surface area contributed by atoms with Crippen LogP contribution in [0.5, 0.6) is 5.75 Å². The average Bonchev–Trinajstić information content (AvgIpc) is 3.22. The van der Waals surface area contributed by atoms with Gasteiger partial charge in [0.25, 0.3) is 11.8 Å². The third-order valence-corrected chi connectivity index (χ3v) is 5.55. The maximum Gasteiger partial charge on any atom is 0.277 e. The predicted octanol–water partition coefficient (Wildman–Crippen LogP) is 2.62.